The lowest BCUT2D eigenvalue weighted by Crippen LogP contribution is -2.99. The maximum Gasteiger partial charge on any atom is 0.291 e. The molecule has 4 rings (SSSR count). The van der Waals surface area contributed by atoms with Crippen molar-refractivity contribution < 1.29 is 24.4 Å². The van der Waals surface area contributed by atoms with Crippen LogP contribution in [0.15, 0.2) is 12.1 Å². The van der Waals surface area contributed by atoms with Gasteiger partial charge >= 0.3 is 0 Å². The molecule has 3 N–H and O–H groups in total. The van der Waals surface area contributed by atoms with Crippen molar-refractivity contribution in [1.82, 2.24) is 4.90 Å². The van der Waals surface area contributed by atoms with E-state index in [0.29, 0.717) is 12.5 Å². The van der Waals surface area contributed by atoms with Crippen LogP contribution in [0, 0.1) is 31.6 Å². The van der Waals surface area contributed by atoms with Crippen LogP contribution >= 0.6 is 0 Å². The van der Waals surface area contributed by atoms with Gasteiger partial charge in [0.2, 0.25) is 17.4 Å². The molecule has 0 aromatic heterocycles. The number of imide groups is 1. The first-order valence-electron chi connectivity index (χ1n) is 10.4. The van der Waals surface area contributed by atoms with Gasteiger partial charge in [0.1, 0.15) is 17.9 Å². The molecule has 7 heteroatoms. The normalized spacial score (nSPS) is 30.5. The zero-order valence-corrected chi connectivity index (χ0v) is 17.7. The molecule has 3 aliphatic heterocycles. The number of anilines is 1. The van der Waals surface area contributed by atoms with Gasteiger partial charge in [-0.1, -0.05) is 19.9 Å². The van der Waals surface area contributed by atoms with Gasteiger partial charge in [-0.3, -0.25) is 19.3 Å². The first kappa shape index (κ1) is 20.0. The molecule has 29 heavy (non-hydrogen) atoms. The highest BCUT2D eigenvalue weighted by Gasteiger charge is 2.74. The van der Waals surface area contributed by atoms with E-state index in [-0.39, 0.29) is 30.3 Å². The van der Waals surface area contributed by atoms with Crippen LogP contribution in [0.25, 0.3) is 0 Å². The van der Waals surface area contributed by atoms with Crippen molar-refractivity contribution in [3.8, 4) is 0 Å². The number of aryl methyl sites for hydroxylation is 1. The first-order chi connectivity index (χ1) is 13.7. The molecular weight excluding hydrogens is 370 g/mol. The van der Waals surface area contributed by atoms with Crippen molar-refractivity contribution in [2.45, 2.75) is 45.7 Å². The Kier molecular flexibility index (Phi) is 4.78. The van der Waals surface area contributed by atoms with Crippen LogP contribution in [0.5, 0.6) is 0 Å². The molecular formula is C22H30N3O4+. The molecule has 2 saturated heterocycles. The van der Waals surface area contributed by atoms with Gasteiger partial charge in [0, 0.05) is 19.1 Å². The summed E-state index contributed by atoms with van der Waals surface area (Å²) < 4.78 is 5.10. The van der Waals surface area contributed by atoms with Gasteiger partial charge in [0.05, 0.1) is 18.8 Å². The number of rotatable bonds is 5. The van der Waals surface area contributed by atoms with E-state index in [1.165, 1.54) is 4.90 Å². The van der Waals surface area contributed by atoms with E-state index in [4.69, 9.17) is 4.74 Å². The van der Waals surface area contributed by atoms with Gasteiger partial charge in [-0.15, -0.1) is 0 Å². The van der Waals surface area contributed by atoms with Gasteiger partial charge in [0.25, 0.3) is 5.91 Å². The number of hydrogen-bond acceptors (Lipinski definition) is 4. The van der Waals surface area contributed by atoms with Gasteiger partial charge in [-0.05, 0) is 37.0 Å². The number of nitrogens with one attached hydrogen (secondary N) is 1. The summed E-state index contributed by atoms with van der Waals surface area (Å²) in [6.07, 6.45) is 0.771. The minimum atomic E-state index is -1.08. The Balaban J connectivity index is 1.85. The van der Waals surface area contributed by atoms with Crippen molar-refractivity contribution >= 4 is 23.4 Å². The van der Waals surface area contributed by atoms with Crippen LogP contribution in [0.2, 0.25) is 0 Å². The number of likely N-dealkylation sites (tertiary alicyclic amines) is 1. The zero-order valence-electron chi connectivity index (χ0n) is 17.7. The molecule has 0 bridgehead atoms. The lowest BCUT2D eigenvalue weighted by molar-refractivity contribution is -0.734. The average molecular weight is 400 g/mol. The maximum absolute atomic E-state index is 13.5. The lowest BCUT2D eigenvalue weighted by Gasteiger charge is -2.26. The zero-order chi connectivity index (χ0) is 21.1. The second kappa shape index (κ2) is 6.92. The lowest BCUT2D eigenvalue weighted by atomic mass is 9.75. The Morgan fingerprint density at radius 1 is 1.21 bits per heavy atom. The predicted molar refractivity (Wildman–Crippen MR) is 107 cm³/mol. The Morgan fingerprint density at radius 3 is 2.59 bits per heavy atom. The summed E-state index contributed by atoms with van der Waals surface area (Å²) in [5.74, 6) is -1.41. The summed E-state index contributed by atoms with van der Waals surface area (Å²) in [6.45, 7) is 8.72. The van der Waals surface area contributed by atoms with Gasteiger partial charge in [-0.25, -0.2) is 0 Å². The van der Waals surface area contributed by atoms with Crippen LogP contribution < -0.4 is 10.6 Å². The first-order valence-corrected chi connectivity index (χ1v) is 10.4. The third-order valence-electron chi connectivity index (χ3n) is 6.93. The SMILES string of the molecule is COCCN1C(=O)[C@H]2[C@@H](C1=O)[C@@]1([NH2+][C@@H]2CC(C)C)C(=O)Nc2c1ccc(C)c2C. The molecule has 156 valence electrons. The number of fused-ring (bicyclic) bond motifs is 4. The summed E-state index contributed by atoms with van der Waals surface area (Å²) >= 11 is 0. The topological polar surface area (TPSA) is 92.3 Å². The van der Waals surface area contributed by atoms with E-state index >= 15 is 0 Å². The van der Waals surface area contributed by atoms with Crippen molar-refractivity contribution in [3.05, 3.63) is 28.8 Å². The quantitative estimate of drug-likeness (QED) is 0.712. The van der Waals surface area contributed by atoms with E-state index in [1.54, 1.807) is 7.11 Å². The van der Waals surface area contributed by atoms with E-state index in [1.807, 2.05) is 31.3 Å². The fraction of sp³-hybridized carbons (Fsp3) is 0.591. The van der Waals surface area contributed by atoms with Crippen molar-refractivity contribution in [3.63, 3.8) is 0 Å². The van der Waals surface area contributed by atoms with Crippen LogP contribution in [-0.4, -0.2) is 48.9 Å². The molecule has 0 aliphatic carbocycles. The number of benzene rings is 1. The van der Waals surface area contributed by atoms with Crippen molar-refractivity contribution in [2.24, 2.45) is 17.8 Å². The van der Waals surface area contributed by atoms with Gasteiger partial charge in [0.15, 0.2) is 0 Å². The van der Waals surface area contributed by atoms with Crippen LogP contribution in [0.1, 0.15) is 37.0 Å². The fourth-order valence-electron chi connectivity index (χ4n) is 5.50. The molecule has 3 amide bonds. The third-order valence-corrected chi connectivity index (χ3v) is 6.93. The number of methoxy groups -OCH3 is 1. The Labute approximate surface area is 171 Å². The molecule has 0 unspecified atom stereocenters. The van der Waals surface area contributed by atoms with Gasteiger partial charge < -0.3 is 15.4 Å². The number of carbonyl (C=O) groups is 3. The minimum Gasteiger partial charge on any atom is -0.383 e. The van der Waals surface area contributed by atoms with E-state index in [2.05, 4.69) is 19.2 Å². The molecule has 4 atom stereocenters. The molecule has 7 nitrogen and oxygen atoms in total. The number of nitrogens with zero attached hydrogens (tertiary/aromatic N) is 1. The van der Waals surface area contributed by atoms with E-state index in [9.17, 15) is 14.4 Å². The Morgan fingerprint density at radius 2 is 1.93 bits per heavy atom. The van der Waals surface area contributed by atoms with Crippen LogP contribution in [0.3, 0.4) is 0 Å². The fourth-order valence-corrected chi connectivity index (χ4v) is 5.50. The second-order valence-electron chi connectivity index (χ2n) is 9.04. The summed E-state index contributed by atoms with van der Waals surface area (Å²) in [7, 11) is 1.55. The van der Waals surface area contributed by atoms with E-state index < -0.39 is 17.4 Å². The summed E-state index contributed by atoms with van der Waals surface area (Å²) in [5.41, 5.74) is 2.65. The monoisotopic (exact) mass is 400 g/mol. The molecule has 3 aliphatic rings. The Bertz CT molecular complexity index is 896. The minimum absolute atomic E-state index is 0.109. The predicted octanol–water partition coefficient (Wildman–Crippen LogP) is 0.690. The molecule has 1 spiro atoms. The van der Waals surface area contributed by atoms with Crippen LogP contribution in [0.4, 0.5) is 5.69 Å². The molecule has 0 radical (unpaired) electrons. The number of carbonyl (C=O) groups excluding carboxylic acids is 3. The average Bonchev–Trinajstić information content (AvgIpc) is 3.22. The maximum atomic E-state index is 13.5. The Hall–Kier alpha value is -2.25. The molecule has 2 fully saturated rings. The standard InChI is InChI=1S/C22H29N3O4/c1-11(2)10-15-16-17(20(27)25(19(16)26)8-9-29-5)22(24-15)14-7-6-12(3)13(4)18(14)23-21(22)28/h6-7,11,15-17,24H,8-10H2,1-5H3,(H,23,28)/p+1/t15-,16-,17+,22-/m1/s1. The van der Waals surface area contributed by atoms with Crippen molar-refractivity contribution in [1.29, 1.82) is 0 Å². The summed E-state index contributed by atoms with van der Waals surface area (Å²) in [6, 6.07) is 3.84. The molecule has 1 aromatic rings. The van der Waals surface area contributed by atoms with E-state index in [0.717, 1.165) is 28.8 Å². The highest BCUT2D eigenvalue weighted by molar-refractivity contribution is 6.14. The summed E-state index contributed by atoms with van der Waals surface area (Å²) in [5, 5.41) is 5.06. The molecule has 3 heterocycles. The van der Waals surface area contributed by atoms with Crippen molar-refractivity contribution in [2.75, 3.05) is 25.6 Å². The second-order valence-corrected chi connectivity index (χ2v) is 9.04. The van der Waals surface area contributed by atoms with Crippen LogP contribution in [-0.2, 0) is 24.7 Å². The largest absolute Gasteiger partial charge is 0.383 e. The smallest absolute Gasteiger partial charge is 0.291 e. The molecule has 1 aromatic carbocycles. The third kappa shape index (κ3) is 2.67. The number of amides is 3. The number of quaternary nitrogens is 1. The highest BCUT2D eigenvalue weighted by Crippen LogP contribution is 2.50. The van der Waals surface area contributed by atoms with Gasteiger partial charge in [-0.2, -0.15) is 0 Å². The number of hydrogen-bond donors (Lipinski definition) is 2. The summed E-state index contributed by atoms with van der Waals surface area (Å²) in [4.78, 5) is 41.5. The number of nitrogens with two attached hydrogens (primary N) is 1. The number of ether oxygens (including phenoxy) is 1. The molecule has 0 saturated carbocycles. The highest BCUT2D eigenvalue weighted by atomic mass is 16.5.